The van der Waals surface area contributed by atoms with Gasteiger partial charge < -0.3 is 10.5 Å². The summed E-state index contributed by atoms with van der Waals surface area (Å²) in [6.45, 7) is 2.67. The summed E-state index contributed by atoms with van der Waals surface area (Å²) >= 11 is 6.18. The van der Waals surface area contributed by atoms with Crippen LogP contribution < -0.4 is 10.5 Å². The van der Waals surface area contributed by atoms with Crippen molar-refractivity contribution >= 4 is 11.6 Å². The molecule has 0 fully saturated rings. The number of hydrogen-bond donors (Lipinski definition) is 1. The molecule has 0 spiro atoms. The van der Waals surface area contributed by atoms with Crippen molar-refractivity contribution in [3.05, 3.63) is 28.3 Å². The molecule has 0 aliphatic rings. The number of ether oxygens (including phenoxy) is 1. The fraction of sp³-hybridized carbons (Fsp3) is 0.455. The molecule has 0 saturated heterocycles. The number of rotatable bonds is 4. The summed E-state index contributed by atoms with van der Waals surface area (Å²) < 4.78 is 5.23. The van der Waals surface area contributed by atoms with E-state index in [9.17, 15) is 0 Å². The van der Waals surface area contributed by atoms with E-state index < -0.39 is 0 Å². The minimum Gasteiger partial charge on any atom is -0.495 e. The second-order valence-electron chi connectivity index (χ2n) is 3.28. The van der Waals surface area contributed by atoms with Crippen LogP contribution in [0.3, 0.4) is 0 Å². The minimum atomic E-state index is 0.687. The lowest BCUT2D eigenvalue weighted by Gasteiger charge is -2.10. The molecule has 78 valence electrons. The van der Waals surface area contributed by atoms with Gasteiger partial charge in [0.25, 0.3) is 0 Å². The second kappa shape index (κ2) is 5.23. The zero-order valence-corrected chi connectivity index (χ0v) is 9.40. The van der Waals surface area contributed by atoms with E-state index in [1.165, 1.54) is 0 Å². The van der Waals surface area contributed by atoms with E-state index in [2.05, 4.69) is 0 Å². The molecule has 0 atom stereocenters. The molecule has 2 nitrogen and oxygen atoms in total. The molecule has 0 radical (unpaired) electrons. The first-order chi connectivity index (χ1) is 6.70. The molecule has 2 N–H and O–H groups in total. The van der Waals surface area contributed by atoms with E-state index in [-0.39, 0.29) is 0 Å². The smallest absolute Gasteiger partial charge is 0.140 e. The molecular weight excluding hydrogens is 198 g/mol. The molecule has 0 aliphatic heterocycles. The number of halogens is 1. The Morgan fingerprint density at radius 3 is 2.71 bits per heavy atom. The Morgan fingerprint density at radius 2 is 2.14 bits per heavy atom. The van der Waals surface area contributed by atoms with Gasteiger partial charge in [0.2, 0.25) is 0 Å². The predicted molar refractivity (Wildman–Crippen MR) is 60.1 cm³/mol. The lowest BCUT2D eigenvalue weighted by molar-refractivity contribution is 0.411. The minimum absolute atomic E-state index is 0.687. The van der Waals surface area contributed by atoms with Gasteiger partial charge in [0.1, 0.15) is 5.75 Å². The van der Waals surface area contributed by atoms with Crippen molar-refractivity contribution in [2.75, 3.05) is 13.7 Å². The van der Waals surface area contributed by atoms with E-state index in [0.717, 1.165) is 34.7 Å². The predicted octanol–water partition coefficient (Wildman–Crippen LogP) is 2.55. The molecule has 3 heteroatoms. The standard InChI is InChI=1S/C11H16ClNO/c1-8-5-6-9(4-3-7-13)10(12)11(8)14-2/h5-6H,3-4,7,13H2,1-2H3. The summed E-state index contributed by atoms with van der Waals surface area (Å²) in [6, 6.07) is 4.06. The van der Waals surface area contributed by atoms with Crippen molar-refractivity contribution in [1.82, 2.24) is 0 Å². The summed E-state index contributed by atoms with van der Waals surface area (Å²) in [7, 11) is 1.64. The lowest BCUT2D eigenvalue weighted by atomic mass is 10.1. The van der Waals surface area contributed by atoms with Crippen LogP contribution in [-0.4, -0.2) is 13.7 Å². The van der Waals surface area contributed by atoms with Crippen molar-refractivity contribution in [2.24, 2.45) is 5.73 Å². The summed E-state index contributed by atoms with van der Waals surface area (Å²) in [5.74, 6) is 0.779. The molecule has 1 aromatic rings. The molecule has 14 heavy (non-hydrogen) atoms. The molecule has 0 saturated carbocycles. The van der Waals surface area contributed by atoms with Crippen molar-refractivity contribution in [2.45, 2.75) is 19.8 Å². The highest BCUT2D eigenvalue weighted by Gasteiger charge is 2.08. The Balaban J connectivity index is 2.96. The normalized spacial score (nSPS) is 10.3. The third-order valence-electron chi connectivity index (χ3n) is 2.23. The molecule has 0 aliphatic carbocycles. The first-order valence-corrected chi connectivity index (χ1v) is 5.10. The number of hydrogen-bond acceptors (Lipinski definition) is 2. The van der Waals surface area contributed by atoms with Gasteiger partial charge in [0, 0.05) is 0 Å². The van der Waals surface area contributed by atoms with E-state index in [1.54, 1.807) is 7.11 Å². The van der Waals surface area contributed by atoms with Crippen LogP contribution >= 0.6 is 11.6 Å². The monoisotopic (exact) mass is 213 g/mol. The van der Waals surface area contributed by atoms with Crippen molar-refractivity contribution in [3.63, 3.8) is 0 Å². The second-order valence-corrected chi connectivity index (χ2v) is 3.66. The van der Waals surface area contributed by atoms with Gasteiger partial charge in [0.15, 0.2) is 0 Å². The van der Waals surface area contributed by atoms with Crippen LogP contribution in [0.5, 0.6) is 5.75 Å². The van der Waals surface area contributed by atoms with Gasteiger partial charge in [0.05, 0.1) is 12.1 Å². The Morgan fingerprint density at radius 1 is 1.43 bits per heavy atom. The molecule has 0 bridgehead atoms. The van der Waals surface area contributed by atoms with Gasteiger partial charge in [-0.05, 0) is 37.4 Å². The fourth-order valence-corrected chi connectivity index (χ4v) is 1.81. The largest absolute Gasteiger partial charge is 0.495 e. The van der Waals surface area contributed by atoms with Gasteiger partial charge in [-0.15, -0.1) is 0 Å². The highest BCUT2D eigenvalue weighted by molar-refractivity contribution is 6.33. The highest BCUT2D eigenvalue weighted by atomic mass is 35.5. The number of methoxy groups -OCH3 is 1. The molecule has 0 amide bonds. The van der Waals surface area contributed by atoms with Gasteiger partial charge >= 0.3 is 0 Å². The lowest BCUT2D eigenvalue weighted by Crippen LogP contribution is -2.01. The van der Waals surface area contributed by atoms with Crippen molar-refractivity contribution in [3.8, 4) is 5.75 Å². The molecule has 0 heterocycles. The number of benzene rings is 1. The SMILES string of the molecule is COc1c(C)ccc(CCCN)c1Cl. The van der Waals surface area contributed by atoms with Crippen LogP contribution in [0.25, 0.3) is 0 Å². The van der Waals surface area contributed by atoms with Gasteiger partial charge in [-0.25, -0.2) is 0 Å². The maximum atomic E-state index is 6.18. The average Bonchev–Trinajstić information content (AvgIpc) is 2.18. The van der Waals surface area contributed by atoms with Gasteiger partial charge in [-0.1, -0.05) is 23.7 Å². The summed E-state index contributed by atoms with van der Waals surface area (Å²) in [6.07, 6.45) is 1.86. The Bertz CT molecular complexity index is 312. The summed E-state index contributed by atoms with van der Waals surface area (Å²) in [5.41, 5.74) is 7.63. The third kappa shape index (κ3) is 2.40. The maximum absolute atomic E-state index is 6.18. The van der Waals surface area contributed by atoms with Crippen LogP contribution in [0.2, 0.25) is 5.02 Å². The van der Waals surface area contributed by atoms with Gasteiger partial charge in [-0.3, -0.25) is 0 Å². The van der Waals surface area contributed by atoms with Crippen LogP contribution in [0, 0.1) is 6.92 Å². The zero-order chi connectivity index (χ0) is 10.6. The van der Waals surface area contributed by atoms with E-state index in [0.29, 0.717) is 6.54 Å². The Hall–Kier alpha value is -0.730. The summed E-state index contributed by atoms with van der Waals surface area (Å²) in [4.78, 5) is 0. The maximum Gasteiger partial charge on any atom is 0.140 e. The Labute approximate surface area is 90.0 Å². The van der Waals surface area contributed by atoms with Crippen molar-refractivity contribution < 1.29 is 4.74 Å². The van der Waals surface area contributed by atoms with Crippen LogP contribution in [-0.2, 0) is 6.42 Å². The first kappa shape index (κ1) is 11.3. The molecule has 0 unspecified atom stereocenters. The summed E-state index contributed by atoms with van der Waals surface area (Å²) in [5, 5.41) is 0.723. The zero-order valence-electron chi connectivity index (χ0n) is 8.64. The molecule has 1 aromatic carbocycles. The van der Waals surface area contributed by atoms with Gasteiger partial charge in [-0.2, -0.15) is 0 Å². The van der Waals surface area contributed by atoms with Crippen LogP contribution in [0.4, 0.5) is 0 Å². The Kier molecular flexibility index (Phi) is 4.23. The molecule has 1 rings (SSSR count). The van der Waals surface area contributed by atoms with E-state index >= 15 is 0 Å². The average molecular weight is 214 g/mol. The van der Waals surface area contributed by atoms with E-state index in [4.69, 9.17) is 22.1 Å². The molecule has 0 aromatic heterocycles. The van der Waals surface area contributed by atoms with Crippen LogP contribution in [0.1, 0.15) is 17.5 Å². The first-order valence-electron chi connectivity index (χ1n) is 4.72. The topological polar surface area (TPSA) is 35.2 Å². The number of aryl methyl sites for hydroxylation is 2. The quantitative estimate of drug-likeness (QED) is 0.835. The fourth-order valence-electron chi connectivity index (χ4n) is 1.43. The third-order valence-corrected chi connectivity index (χ3v) is 2.64. The molecular formula is C11H16ClNO. The number of nitrogens with two attached hydrogens (primary N) is 1. The highest BCUT2D eigenvalue weighted by Crippen LogP contribution is 2.31. The van der Waals surface area contributed by atoms with E-state index in [1.807, 2.05) is 19.1 Å². The van der Waals surface area contributed by atoms with Crippen LogP contribution in [0.15, 0.2) is 12.1 Å². The van der Waals surface area contributed by atoms with Crippen molar-refractivity contribution in [1.29, 1.82) is 0 Å².